The molecule has 0 radical (unpaired) electrons. The fourth-order valence-corrected chi connectivity index (χ4v) is 4.98. The molecular weight excluding hydrogens is 305 g/mol. The van der Waals surface area contributed by atoms with Gasteiger partial charge in [0.05, 0.1) is 0 Å². The van der Waals surface area contributed by atoms with Crippen LogP contribution >= 0.6 is 8.16 Å². The molecule has 0 aliphatic carbocycles. The van der Waals surface area contributed by atoms with Crippen LogP contribution in [-0.2, 0) is 0 Å². The van der Waals surface area contributed by atoms with E-state index in [4.69, 9.17) is 8.39 Å². The van der Waals surface area contributed by atoms with Crippen molar-refractivity contribution in [3.8, 4) is 0 Å². The number of benzene rings is 2. The maximum atomic E-state index is 6.43. The van der Waals surface area contributed by atoms with Crippen LogP contribution in [0.3, 0.4) is 0 Å². The summed E-state index contributed by atoms with van der Waals surface area (Å²) in [6.45, 7) is 6.36. The molecule has 3 nitrogen and oxygen atoms in total. The van der Waals surface area contributed by atoms with Crippen LogP contribution in [0, 0.1) is 13.8 Å². The molecule has 23 heavy (non-hydrogen) atoms. The maximum absolute atomic E-state index is 6.43. The van der Waals surface area contributed by atoms with Gasteiger partial charge in [-0.1, -0.05) is 42.8 Å². The summed E-state index contributed by atoms with van der Waals surface area (Å²) in [5.41, 5.74) is 4.30. The molecule has 4 rings (SSSR count). The topological polar surface area (TPSA) is 29.5 Å². The Morgan fingerprint density at radius 1 is 0.783 bits per heavy atom. The first-order valence-corrected chi connectivity index (χ1v) is 9.47. The molecule has 1 aliphatic heterocycles. The summed E-state index contributed by atoms with van der Waals surface area (Å²) in [6.07, 6.45) is 3.77. The zero-order chi connectivity index (χ0) is 15.8. The lowest BCUT2D eigenvalue weighted by Gasteiger charge is -2.22. The van der Waals surface area contributed by atoms with Crippen molar-refractivity contribution in [1.29, 1.82) is 0 Å². The smallest absolute Gasteiger partial charge is 0.309 e. The molecule has 120 valence electrons. The largest absolute Gasteiger partial charge is 0.408 e. The highest BCUT2D eigenvalue weighted by Gasteiger charge is 2.18. The molecule has 1 aliphatic rings. The molecule has 0 bridgehead atoms. The van der Waals surface area contributed by atoms with Gasteiger partial charge >= 0.3 is 8.16 Å². The third kappa shape index (κ3) is 2.69. The zero-order valence-corrected chi connectivity index (χ0v) is 14.6. The van der Waals surface area contributed by atoms with E-state index in [9.17, 15) is 0 Å². The number of hydrogen-bond donors (Lipinski definition) is 0. The van der Waals surface area contributed by atoms with Crippen molar-refractivity contribution in [2.45, 2.75) is 33.1 Å². The van der Waals surface area contributed by atoms with E-state index in [0.29, 0.717) is 0 Å². The number of para-hydroxylation sites is 2. The molecule has 0 unspecified atom stereocenters. The molecule has 3 aromatic rings. The van der Waals surface area contributed by atoms with Crippen LogP contribution in [0.15, 0.2) is 44.8 Å². The zero-order valence-electron chi connectivity index (χ0n) is 13.7. The van der Waals surface area contributed by atoms with E-state index in [1.807, 2.05) is 0 Å². The molecule has 0 N–H and O–H groups in total. The molecule has 1 aromatic heterocycles. The molecular formula is C19H22NO2P. The predicted molar refractivity (Wildman–Crippen MR) is 97.6 cm³/mol. The van der Waals surface area contributed by atoms with Gasteiger partial charge in [0.1, 0.15) is 11.2 Å². The van der Waals surface area contributed by atoms with Crippen LogP contribution in [0.25, 0.3) is 21.9 Å². The van der Waals surface area contributed by atoms with E-state index >= 15 is 0 Å². The number of nitrogens with zero attached hydrogens (tertiary/aromatic N) is 1. The van der Waals surface area contributed by atoms with Gasteiger partial charge in [0.25, 0.3) is 0 Å². The van der Waals surface area contributed by atoms with E-state index in [0.717, 1.165) is 35.0 Å². The Hall–Kier alpha value is -1.70. The van der Waals surface area contributed by atoms with E-state index < -0.39 is 8.16 Å². The van der Waals surface area contributed by atoms with Crippen molar-refractivity contribution in [3.05, 3.63) is 47.5 Å². The van der Waals surface area contributed by atoms with Gasteiger partial charge in [-0.3, -0.25) is 0 Å². The molecule has 2 heterocycles. The SMILES string of the molecule is Cc1cccc2c1op(N1CCCCC1)oc1c(C)cccc12. The lowest BCUT2D eigenvalue weighted by Crippen LogP contribution is -2.26. The number of hydrogen-bond acceptors (Lipinski definition) is 3. The summed E-state index contributed by atoms with van der Waals surface area (Å²) in [7, 11) is -1.09. The minimum absolute atomic E-state index is 0.980. The maximum Gasteiger partial charge on any atom is 0.309 e. The quantitative estimate of drug-likeness (QED) is 0.546. The molecule has 0 saturated carbocycles. The first-order chi connectivity index (χ1) is 11.2. The number of piperidine rings is 1. The summed E-state index contributed by atoms with van der Waals surface area (Å²) in [4.78, 5) is 0. The minimum atomic E-state index is -1.09. The first kappa shape index (κ1) is 14.9. The molecule has 4 heteroatoms. The van der Waals surface area contributed by atoms with Crippen LogP contribution in [-0.4, -0.2) is 13.1 Å². The van der Waals surface area contributed by atoms with Crippen LogP contribution in [0.5, 0.6) is 0 Å². The summed E-state index contributed by atoms with van der Waals surface area (Å²) in [5, 5.41) is 2.29. The summed E-state index contributed by atoms with van der Waals surface area (Å²) in [5.74, 6) is 0. The molecule has 1 saturated heterocycles. The summed E-state index contributed by atoms with van der Waals surface area (Å²) in [6, 6.07) is 12.7. The molecule has 0 amide bonds. The van der Waals surface area contributed by atoms with Crippen molar-refractivity contribution in [1.82, 2.24) is 0 Å². The van der Waals surface area contributed by atoms with Crippen molar-refractivity contribution in [2.24, 2.45) is 0 Å². The van der Waals surface area contributed by atoms with Gasteiger partial charge in [0.2, 0.25) is 0 Å². The van der Waals surface area contributed by atoms with Gasteiger partial charge in [-0.2, -0.15) is 0 Å². The lowest BCUT2D eigenvalue weighted by molar-refractivity contribution is 0.559. The summed E-state index contributed by atoms with van der Waals surface area (Å²) >= 11 is 0. The standard InChI is InChI=1S/C19H22NO2P/c1-14-8-6-10-16-17-11-7-9-15(2)19(17)22-23(21-18(14)16)20-12-4-3-5-13-20/h6-11H,3-5,12-13H2,1-2H3. The Morgan fingerprint density at radius 2 is 1.30 bits per heavy atom. The molecule has 0 spiro atoms. The van der Waals surface area contributed by atoms with Gasteiger partial charge in [0, 0.05) is 23.9 Å². The second-order valence-corrected chi connectivity index (χ2v) is 7.74. The van der Waals surface area contributed by atoms with Crippen LogP contribution in [0.1, 0.15) is 30.4 Å². The highest BCUT2D eigenvalue weighted by Crippen LogP contribution is 2.39. The second-order valence-electron chi connectivity index (χ2n) is 6.34. The number of aryl methyl sites for hydroxylation is 2. The predicted octanol–water partition coefficient (Wildman–Crippen LogP) is 6.03. The van der Waals surface area contributed by atoms with Crippen LogP contribution in [0.4, 0.5) is 0 Å². The van der Waals surface area contributed by atoms with Crippen molar-refractivity contribution >= 4 is 30.1 Å². The molecule has 2 aromatic carbocycles. The molecule has 0 atom stereocenters. The van der Waals surface area contributed by atoms with Gasteiger partial charge in [-0.25, -0.2) is 4.67 Å². The third-order valence-electron chi connectivity index (χ3n) is 4.62. The van der Waals surface area contributed by atoms with Gasteiger partial charge in [-0.05, 0) is 37.8 Å². The van der Waals surface area contributed by atoms with Gasteiger partial charge < -0.3 is 8.39 Å². The van der Waals surface area contributed by atoms with Crippen molar-refractivity contribution in [3.63, 3.8) is 0 Å². The Balaban J connectivity index is 2.10. The Bertz CT molecular complexity index is 830. The normalized spacial score (nSPS) is 16.1. The van der Waals surface area contributed by atoms with Crippen LogP contribution in [0.2, 0.25) is 0 Å². The highest BCUT2D eigenvalue weighted by atomic mass is 31.1. The number of rotatable bonds is 1. The monoisotopic (exact) mass is 327 g/mol. The van der Waals surface area contributed by atoms with E-state index in [2.05, 4.69) is 54.9 Å². The summed E-state index contributed by atoms with van der Waals surface area (Å²) < 4.78 is 15.3. The van der Waals surface area contributed by atoms with E-state index in [1.165, 1.54) is 30.4 Å². The highest BCUT2D eigenvalue weighted by molar-refractivity contribution is 7.39. The van der Waals surface area contributed by atoms with Crippen LogP contribution < -0.4 is 4.67 Å². The fraction of sp³-hybridized carbons (Fsp3) is 0.368. The second kappa shape index (κ2) is 6.07. The molecule has 1 fully saturated rings. The average Bonchev–Trinajstić information content (AvgIpc) is 2.75. The minimum Gasteiger partial charge on any atom is -0.408 e. The van der Waals surface area contributed by atoms with Gasteiger partial charge in [-0.15, -0.1) is 0 Å². The van der Waals surface area contributed by atoms with E-state index in [-0.39, 0.29) is 0 Å². The van der Waals surface area contributed by atoms with E-state index in [1.54, 1.807) is 0 Å². The Labute approximate surface area is 137 Å². The third-order valence-corrected chi connectivity index (χ3v) is 6.16. The average molecular weight is 327 g/mol. The first-order valence-electron chi connectivity index (χ1n) is 8.34. The van der Waals surface area contributed by atoms with Crippen molar-refractivity contribution < 1.29 is 8.39 Å². The Morgan fingerprint density at radius 3 is 1.83 bits per heavy atom. The van der Waals surface area contributed by atoms with Crippen molar-refractivity contribution in [2.75, 3.05) is 17.8 Å². The lowest BCUT2D eigenvalue weighted by atomic mass is 10.1. The fourth-order valence-electron chi connectivity index (χ4n) is 3.30. The Kier molecular flexibility index (Phi) is 3.92. The van der Waals surface area contributed by atoms with Gasteiger partial charge in [0.15, 0.2) is 0 Å². The number of fused-ring (bicyclic) bond motifs is 3.